The Bertz CT molecular complexity index is 397. The molecule has 2 rings (SSSR count). The minimum Gasteiger partial charge on any atom is -0.381 e. The molecule has 1 aromatic heterocycles. The van der Waals surface area contributed by atoms with Crippen LogP contribution in [0.5, 0.6) is 0 Å². The summed E-state index contributed by atoms with van der Waals surface area (Å²) >= 11 is 0. The summed E-state index contributed by atoms with van der Waals surface area (Å²) in [5, 5.41) is 0. The first kappa shape index (κ1) is 13.5. The molecule has 0 amide bonds. The fourth-order valence-electron chi connectivity index (χ4n) is 2.52. The zero-order chi connectivity index (χ0) is 13.1. The minimum atomic E-state index is 0.364. The van der Waals surface area contributed by atoms with E-state index in [1.54, 1.807) is 0 Å². The van der Waals surface area contributed by atoms with Gasteiger partial charge in [-0.2, -0.15) is 0 Å². The van der Waals surface area contributed by atoms with Crippen LogP contribution in [0.1, 0.15) is 48.7 Å². The van der Waals surface area contributed by atoms with Gasteiger partial charge in [-0.25, -0.2) is 0 Å². The molecule has 1 fully saturated rings. The van der Waals surface area contributed by atoms with Gasteiger partial charge in [0.2, 0.25) is 0 Å². The lowest BCUT2D eigenvalue weighted by Crippen LogP contribution is -2.22. The minimum absolute atomic E-state index is 0.364. The molecule has 18 heavy (non-hydrogen) atoms. The highest BCUT2D eigenvalue weighted by Crippen LogP contribution is 2.32. The molecule has 1 atom stereocenters. The van der Waals surface area contributed by atoms with Gasteiger partial charge in [0.05, 0.1) is 5.69 Å². The average molecular weight is 248 g/mol. The van der Waals surface area contributed by atoms with Gasteiger partial charge < -0.3 is 9.64 Å². The van der Waals surface area contributed by atoms with Crippen LogP contribution in [0.2, 0.25) is 0 Å². The molecular weight excluding hydrogens is 224 g/mol. The molecule has 3 nitrogen and oxygen atoms in total. The molecule has 3 heteroatoms. The Morgan fingerprint density at radius 2 is 1.94 bits per heavy atom. The van der Waals surface area contributed by atoms with E-state index in [0.717, 1.165) is 31.7 Å². The van der Waals surface area contributed by atoms with Crippen LogP contribution < -0.4 is 0 Å². The summed E-state index contributed by atoms with van der Waals surface area (Å²) in [5.74, 6) is 0.615. The molecule has 100 valence electrons. The van der Waals surface area contributed by atoms with Crippen LogP contribution in [-0.2, 0) is 4.74 Å². The summed E-state index contributed by atoms with van der Waals surface area (Å²) in [4.78, 5) is 7.01. The fraction of sp³-hybridized carbons (Fsp3) is 0.667. The Balaban J connectivity index is 2.33. The number of hydrogen-bond donors (Lipinski definition) is 0. The van der Waals surface area contributed by atoms with Crippen LogP contribution in [0.25, 0.3) is 0 Å². The molecule has 0 radical (unpaired) electrons. The van der Waals surface area contributed by atoms with Crippen molar-refractivity contribution in [2.75, 3.05) is 27.3 Å². The number of nitrogens with zero attached hydrogens (tertiary/aromatic N) is 2. The van der Waals surface area contributed by atoms with Crippen molar-refractivity contribution >= 4 is 0 Å². The van der Waals surface area contributed by atoms with Gasteiger partial charge in [0.25, 0.3) is 0 Å². The number of ether oxygens (including phenoxy) is 1. The predicted molar refractivity (Wildman–Crippen MR) is 73.9 cm³/mol. The highest BCUT2D eigenvalue weighted by Gasteiger charge is 2.23. The van der Waals surface area contributed by atoms with E-state index in [0.29, 0.717) is 12.0 Å². The summed E-state index contributed by atoms with van der Waals surface area (Å²) in [6, 6.07) is 4.77. The molecule has 1 aliphatic heterocycles. The van der Waals surface area contributed by atoms with Crippen LogP contribution >= 0.6 is 0 Å². The number of hydrogen-bond acceptors (Lipinski definition) is 3. The lowest BCUT2D eigenvalue weighted by molar-refractivity contribution is 0.0848. The van der Waals surface area contributed by atoms with Gasteiger partial charge in [0.1, 0.15) is 0 Å². The molecule has 0 aliphatic carbocycles. The second-order valence-corrected chi connectivity index (χ2v) is 5.45. The Hall–Kier alpha value is -0.930. The van der Waals surface area contributed by atoms with E-state index in [-0.39, 0.29) is 0 Å². The average Bonchev–Trinajstić information content (AvgIpc) is 2.38. The van der Waals surface area contributed by atoms with Gasteiger partial charge in [0, 0.05) is 24.9 Å². The summed E-state index contributed by atoms with van der Waals surface area (Å²) in [5.41, 5.74) is 3.77. The molecule has 2 heterocycles. The van der Waals surface area contributed by atoms with E-state index in [1.165, 1.54) is 11.3 Å². The van der Waals surface area contributed by atoms with Gasteiger partial charge in [-0.1, -0.05) is 6.07 Å². The molecule has 0 aromatic carbocycles. The summed E-state index contributed by atoms with van der Waals surface area (Å²) in [7, 11) is 4.23. The van der Waals surface area contributed by atoms with E-state index in [2.05, 4.69) is 45.0 Å². The fourth-order valence-corrected chi connectivity index (χ4v) is 2.52. The van der Waals surface area contributed by atoms with Gasteiger partial charge >= 0.3 is 0 Å². The number of pyridine rings is 1. The largest absolute Gasteiger partial charge is 0.381 e. The SMILES string of the molecule is Cc1ccc(C2CCOCC2)c(C(C)N(C)C)n1. The number of aryl methyl sites for hydroxylation is 1. The molecule has 0 bridgehead atoms. The molecule has 1 aliphatic rings. The van der Waals surface area contributed by atoms with E-state index >= 15 is 0 Å². The van der Waals surface area contributed by atoms with E-state index in [4.69, 9.17) is 9.72 Å². The van der Waals surface area contributed by atoms with E-state index in [9.17, 15) is 0 Å². The Morgan fingerprint density at radius 1 is 1.28 bits per heavy atom. The van der Waals surface area contributed by atoms with Crippen LogP contribution in [-0.4, -0.2) is 37.2 Å². The van der Waals surface area contributed by atoms with Gasteiger partial charge in [-0.15, -0.1) is 0 Å². The van der Waals surface area contributed by atoms with Crippen molar-refractivity contribution < 1.29 is 4.74 Å². The smallest absolute Gasteiger partial charge is 0.0610 e. The molecule has 0 spiro atoms. The summed E-state index contributed by atoms with van der Waals surface area (Å²) in [6.07, 6.45) is 2.25. The Kier molecular flexibility index (Phi) is 4.36. The van der Waals surface area contributed by atoms with Crippen molar-refractivity contribution in [1.29, 1.82) is 0 Å². The van der Waals surface area contributed by atoms with Gasteiger partial charge in [-0.05, 0) is 58.3 Å². The van der Waals surface area contributed by atoms with Crippen LogP contribution in [0.15, 0.2) is 12.1 Å². The molecular formula is C15H24N2O. The van der Waals surface area contributed by atoms with Crippen molar-refractivity contribution in [1.82, 2.24) is 9.88 Å². The molecule has 1 unspecified atom stereocenters. The number of aromatic nitrogens is 1. The van der Waals surface area contributed by atoms with Crippen molar-refractivity contribution in [3.63, 3.8) is 0 Å². The highest BCUT2D eigenvalue weighted by atomic mass is 16.5. The quantitative estimate of drug-likeness (QED) is 0.822. The first-order valence-electron chi connectivity index (χ1n) is 6.81. The Morgan fingerprint density at radius 3 is 2.56 bits per heavy atom. The van der Waals surface area contributed by atoms with Crippen molar-refractivity contribution in [3.8, 4) is 0 Å². The number of rotatable bonds is 3. The predicted octanol–water partition coefficient (Wildman–Crippen LogP) is 2.91. The maximum absolute atomic E-state index is 5.46. The molecule has 1 saturated heterocycles. The molecule has 1 aromatic rings. The standard InChI is InChI=1S/C15H24N2O/c1-11-5-6-14(13-7-9-18-10-8-13)15(16-11)12(2)17(3)4/h5-6,12-13H,7-10H2,1-4H3. The second-order valence-electron chi connectivity index (χ2n) is 5.45. The van der Waals surface area contributed by atoms with E-state index < -0.39 is 0 Å². The highest BCUT2D eigenvalue weighted by molar-refractivity contribution is 5.29. The van der Waals surface area contributed by atoms with Crippen LogP contribution in [0, 0.1) is 6.92 Å². The third-order valence-corrected chi connectivity index (χ3v) is 3.93. The van der Waals surface area contributed by atoms with E-state index in [1.807, 2.05) is 0 Å². The second kappa shape index (κ2) is 5.81. The zero-order valence-electron chi connectivity index (χ0n) is 11.9. The first-order valence-corrected chi connectivity index (χ1v) is 6.81. The van der Waals surface area contributed by atoms with Crippen LogP contribution in [0.4, 0.5) is 0 Å². The van der Waals surface area contributed by atoms with Gasteiger partial charge in [0.15, 0.2) is 0 Å². The summed E-state index contributed by atoms with van der Waals surface area (Å²) in [6.45, 7) is 6.06. The molecule has 0 N–H and O–H groups in total. The normalized spacial score (nSPS) is 19.2. The van der Waals surface area contributed by atoms with Crippen molar-refractivity contribution in [3.05, 3.63) is 29.1 Å². The third kappa shape index (κ3) is 2.90. The van der Waals surface area contributed by atoms with Gasteiger partial charge in [-0.3, -0.25) is 4.98 Å². The topological polar surface area (TPSA) is 25.4 Å². The lowest BCUT2D eigenvalue weighted by Gasteiger charge is -2.28. The monoisotopic (exact) mass is 248 g/mol. The Labute approximate surface area is 110 Å². The molecule has 0 saturated carbocycles. The van der Waals surface area contributed by atoms with Crippen LogP contribution in [0.3, 0.4) is 0 Å². The third-order valence-electron chi connectivity index (χ3n) is 3.93. The lowest BCUT2D eigenvalue weighted by atomic mass is 9.88. The van der Waals surface area contributed by atoms with Crippen molar-refractivity contribution in [2.24, 2.45) is 0 Å². The maximum Gasteiger partial charge on any atom is 0.0610 e. The van der Waals surface area contributed by atoms with Crippen molar-refractivity contribution in [2.45, 2.75) is 38.6 Å². The maximum atomic E-state index is 5.46. The summed E-state index contributed by atoms with van der Waals surface area (Å²) < 4.78 is 5.46. The zero-order valence-corrected chi connectivity index (χ0v) is 11.9. The first-order chi connectivity index (χ1) is 8.59.